The molecule has 1 heterocycles. The van der Waals surface area contributed by atoms with Gasteiger partial charge >= 0.3 is 0 Å². The first-order valence-corrected chi connectivity index (χ1v) is 6.42. The van der Waals surface area contributed by atoms with Crippen LogP contribution in [0.1, 0.15) is 31.6 Å². The Morgan fingerprint density at radius 2 is 1.89 bits per heavy atom. The zero-order valence-electron chi connectivity index (χ0n) is 10.3. The predicted molar refractivity (Wildman–Crippen MR) is 68.8 cm³/mol. The molecule has 2 N–H and O–H groups in total. The van der Waals surface area contributed by atoms with Crippen molar-refractivity contribution in [2.45, 2.75) is 37.6 Å². The first-order valence-electron chi connectivity index (χ1n) is 6.42. The Balaban J connectivity index is 1.78. The summed E-state index contributed by atoms with van der Waals surface area (Å²) in [6.07, 6.45) is 5.20. The second-order valence-corrected chi connectivity index (χ2v) is 5.12. The van der Waals surface area contributed by atoms with Crippen LogP contribution in [0.3, 0.4) is 0 Å². The summed E-state index contributed by atoms with van der Waals surface area (Å²) in [4.78, 5) is 4.43. The first-order chi connectivity index (χ1) is 8.75. The lowest BCUT2D eigenvalue weighted by Gasteiger charge is -2.20. The number of rotatable bonds is 3. The summed E-state index contributed by atoms with van der Waals surface area (Å²) in [5.74, 6) is 1.30. The largest absolute Gasteiger partial charge is 0.339 e. The van der Waals surface area contributed by atoms with E-state index in [9.17, 15) is 0 Å². The van der Waals surface area contributed by atoms with Gasteiger partial charge in [-0.25, -0.2) is 0 Å². The molecule has 0 spiro atoms. The van der Waals surface area contributed by atoms with Gasteiger partial charge in [-0.2, -0.15) is 4.98 Å². The highest BCUT2D eigenvalue weighted by Crippen LogP contribution is 2.30. The van der Waals surface area contributed by atoms with E-state index in [4.69, 9.17) is 10.3 Å². The minimum atomic E-state index is -0.138. The van der Waals surface area contributed by atoms with Crippen LogP contribution in [0.2, 0.25) is 0 Å². The molecule has 2 aromatic rings. The van der Waals surface area contributed by atoms with Gasteiger partial charge in [0.2, 0.25) is 11.7 Å². The molecule has 18 heavy (non-hydrogen) atoms. The zero-order valence-corrected chi connectivity index (χ0v) is 10.3. The van der Waals surface area contributed by atoms with Crippen LogP contribution >= 0.6 is 0 Å². The van der Waals surface area contributed by atoms with Crippen molar-refractivity contribution in [2.24, 2.45) is 5.73 Å². The van der Waals surface area contributed by atoms with Crippen molar-refractivity contribution >= 4 is 0 Å². The number of nitrogens with two attached hydrogens (primary N) is 1. The van der Waals surface area contributed by atoms with E-state index < -0.39 is 0 Å². The molecule has 0 aliphatic heterocycles. The normalized spacial score (nSPS) is 18.1. The lowest BCUT2D eigenvalue weighted by Crippen LogP contribution is -2.38. The standard InChI is InChI=1S/C14H17N3O/c15-14(8-4-5-9-14)10-12-16-13(17-18-12)11-6-2-1-3-7-11/h1-3,6-7H,4-5,8-10,15H2. The quantitative estimate of drug-likeness (QED) is 0.899. The highest BCUT2D eigenvalue weighted by molar-refractivity contribution is 5.53. The Morgan fingerprint density at radius 1 is 1.17 bits per heavy atom. The van der Waals surface area contributed by atoms with Crippen LogP contribution < -0.4 is 5.73 Å². The van der Waals surface area contributed by atoms with Gasteiger partial charge in [-0.3, -0.25) is 0 Å². The Morgan fingerprint density at radius 3 is 2.61 bits per heavy atom. The van der Waals surface area contributed by atoms with Crippen molar-refractivity contribution in [2.75, 3.05) is 0 Å². The summed E-state index contributed by atoms with van der Waals surface area (Å²) < 4.78 is 5.31. The van der Waals surface area contributed by atoms with Crippen LogP contribution in [0.4, 0.5) is 0 Å². The smallest absolute Gasteiger partial charge is 0.228 e. The molecular formula is C14H17N3O. The summed E-state index contributed by atoms with van der Waals surface area (Å²) in [6, 6.07) is 9.85. The minimum absolute atomic E-state index is 0.138. The van der Waals surface area contributed by atoms with Crippen molar-refractivity contribution in [3.05, 3.63) is 36.2 Å². The van der Waals surface area contributed by atoms with E-state index in [0.717, 1.165) is 18.4 Å². The maximum absolute atomic E-state index is 6.31. The predicted octanol–water partition coefficient (Wildman–Crippen LogP) is 2.55. The van der Waals surface area contributed by atoms with Gasteiger partial charge in [0, 0.05) is 17.5 Å². The lowest BCUT2D eigenvalue weighted by molar-refractivity contribution is 0.329. The van der Waals surface area contributed by atoms with Gasteiger partial charge in [0.05, 0.1) is 0 Å². The lowest BCUT2D eigenvalue weighted by atomic mass is 9.95. The molecule has 1 fully saturated rings. The maximum atomic E-state index is 6.31. The fraction of sp³-hybridized carbons (Fsp3) is 0.429. The Hall–Kier alpha value is -1.68. The van der Waals surface area contributed by atoms with Gasteiger partial charge in [-0.1, -0.05) is 48.3 Å². The topological polar surface area (TPSA) is 64.9 Å². The van der Waals surface area contributed by atoms with Crippen LogP contribution in [-0.4, -0.2) is 15.7 Å². The molecule has 0 atom stereocenters. The molecule has 1 aromatic heterocycles. The van der Waals surface area contributed by atoms with E-state index >= 15 is 0 Å². The van der Waals surface area contributed by atoms with Gasteiger partial charge in [0.15, 0.2) is 0 Å². The number of nitrogens with zero attached hydrogens (tertiary/aromatic N) is 2. The molecule has 3 rings (SSSR count). The Labute approximate surface area is 106 Å². The molecule has 1 saturated carbocycles. The number of benzene rings is 1. The summed E-state index contributed by atoms with van der Waals surface area (Å²) >= 11 is 0. The van der Waals surface area contributed by atoms with E-state index in [-0.39, 0.29) is 5.54 Å². The second kappa shape index (κ2) is 4.53. The minimum Gasteiger partial charge on any atom is -0.339 e. The Kier molecular flexibility index (Phi) is 2.88. The van der Waals surface area contributed by atoms with Gasteiger partial charge in [0.25, 0.3) is 0 Å². The molecule has 4 heteroatoms. The van der Waals surface area contributed by atoms with Crippen molar-refractivity contribution in [1.29, 1.82) is 0 Å². The van der Waals surface area contributed by atoms with Crippen molar-refractivity contribution in [1.82, 2.24) is 10.1 Å². The third kappa shape index (κ3) is 2.29. The SMILES string of the molecule is NC1(Cc2nc(-c3ccccc3)no2)CCCC1. The van der Waals surface area contributed by atoms with Crippen molar-refractivity contribution in [3.63, 3.8) is 0 Å². The second-order valence-electron chi connectivity index (χ2n) is 5.12. The third-order valence-corrected chi connectivity index (χ3v) is 3.60. The summed E-state index contributed by atoms with van der Waals surface area (Å²) in [6.45, 7) is 0. The van der Waals surface area contributed by atoms with Crippen LogP contribution in [0, 0.1) is 0 Å². The van der Waals surface area contributed by atoms with E-state index in [1.807, 2.05) is 30.3 Å². The Bertz CT molecular complexity index is 515. The number of hydrogen-bond acceptors (Lipinski definition) is 4. The van der Waals surface area contributed by atoms with Crippen LogP contribution in [0.5, 0.6) is 0 Å². The summed E-state index contributed by atoms with van der Waals surface area (Å²) in [5, 5.41) is 4.02. The first kappa shape index (κ1) is 11.4. The average Bonchev–Trinajstić information content (AvgIpc) is 3.00. The molecule has 1 aliphatic carbocycles. The highest BCUT2D eigenvalue weighted by Gasteiger charge is 2.31. The number of hydrogen-bond donors (Lipinski definition) is 1. The van der Waals surface area contributed by atoms with Crippen molar-refractivity contribution in [3.8, 4) is 11.4 Å². The number of aromatic nitrogens is 2. The van der Waals surface area contributed by atoms with Gasteiger partial charge in [-0.05, 0) is 12.8 Å². The molecule has 94 valence electrons. The molecule has 1 aromatic carbocycles. The molecule has 1 aliphatic rings. The summed E-state index contributed by atoms with van der Waals surface area (Å²) in [5.41, 5.74) is 7.15. The van der Waals surface area contributed by atoms with Crippen LogP contribution in [0.25, 0.3) is 11.4 Å². The van der Waals surface area contributed by atoms with Gasteiger partial charge in [0.1, 0.15) is 0 Å². The molecule has 0 saturated heterocycles. The van der Waals surface area contributed by atoms with E-state index in [0.29, 0.717) is 18.1 Å². The molecule has 0 unspecified atom stereocenters. The molecule has 4 nitrogen and oxygen atoms in total. The fourth-order valence-corrected chi connectivity index (χ4v) is 2.59. The molecule has 0 amide bonds. The fourth-order valence-electron chi connectivity index (χ4n) is 2.59. The third-order valence-electron chi connectivity index (χ3n) is 3.60. The van der Waals surface area contributed by atoms with E-state index in [1.54, 1.807) is 0 Å². The summed E-state index contributed by atoms with van der Waals surface area (Å²) in [7, 11) is 0. The van der Waals surface area contributed by atoms with Gasteiger partial charge < -0.3 is 10.3 Å². The molecule has 0 bridgehead atoms. The molecular weight excluding hydrogens is 226 g/mol. The van der Waals surface area contributed by atoms with Crippen LogP contribution in [0.15, 0.2) is 34.9 Å². The zero-order chi connectivity index (χ0) is 12.4. The average molecular weight is 243 g/mol. The maximum Gasteiger partial charge on any atom is 0.228 e. The van der Waals surface area contributed by atoms with E-state index in [1.165, 1.54) is 12.8 Å². The highest BCUT2D eigenvalue weighted by atomic mass is 16.5. The monoisotopic (exact) mass is 243 g/mol. The molecule has 0 radical (unpaired) electrons. The van der Waals surface area contributed by atoms with E-state index in [2.05, 4.69) is 10.1 Å². The van der Waals surface area contributed by atoms with Crippen molar-refractivity contribution < 1.29 is 4.52 Å². The van der Waals surface area contributed by atoms with Crippen LogP contribution in [-0.2, 0) is 6.42 Å². The van der Waals surface area contributed by atoms with Gasteiger partial charge in [-0.15, -0.1) is 0 Å².